The van der Waals surface area contributed by atoms with Crippen LogP contribution in [-0.4, -0.2) is 66.5 Å². The average molecular weight is 382 g/mol. The molecule has 2 heterocycles. The first-order valence-electron chi connectivity index (χ1n) is 9.15. The van der Waals surface area contributed by atoms with Crippen molar-refractivity contribution < 1.29 is 14.3 Å². The summed E-state index contributed by atoms with van der Waals surface area (Å²) in [6, 6.07) is 7.77. The van der Waals surface area contributed by atoms with Crippen molar-refractivity contribution in [2.24, 2.45) is 5.73 Å². The number of hydrogen-bond donors (Lipinski definition) is 1. The Morgan fingerprint density at radius 2 is 1.69 bits per heavy atom. The van der Waals surface area contributed by atoms with Gasteiger partial charge in [-0.05, 0) is 37.0 Å². The van der Waals surface area contributed by atoms with Crippen LogP contribution >= 0.6 is 12.4 Å². The zero-order valence-electron chi connectivity index (χ0n) is 15.2. The number of nitrogens with zero attached hydrogens (tertiary/aromatic N) is 2. The summed E-state index contributed by atoms with van der Waals surface area (Å²) >= 11 is 0. The van der Waals surface area contributed by atoms with E-state index in [9.17, 15) is 9.59 Å². The van der Waals surface area contributed by atoms with Gasteiger partial charge in [-0.15, -0.1) is 12.4 Å². The fourth-order valence-corrected chi connectivity index (χ4v) is 3.46. The highest BCUT2D eigenvalue weighted by Gasteiger charge is 2.34. The molecule has 2 aliphatic heterocycles. The van der Waals surface area contributed by atoms with Crippen molar-refractivity contribution in [1.82, 2.24) is 9.80 Å². The van der Waals surface area contributed by atoms with Crippen molar-refractivity contribution in [1.29, 1.82) is 0 Å². The number of rotatable bonds is 4. The molecule has 2 amide bonds. The number of halogens is 1. The lowest BCUT2D eigenvalue weighted by atomic mass is 10.1. The van der Waals surface area contributed by atoms with Crippen molar-refractivity contribution in [3.8, 4) is 0 Å². The van der Waals surface area contributed by atoms with E-state index in [-0.39, 0.29) is 36.4 Å². The monoisotopic (exact) mass is 381 g/mol. The van der Waals surface area contributed by atoms with Crippen LogP contribution < -0.4 is 5.73 Å². The summed E-state index contributed by atoms with van der Waals surface area (Å²) in [4.78, 5) is 28.8. The normalized spacial score (nSPS) is 22.8. The number of ether oxygens (including phenoxy) is 1. The third kappa shape index (κ3) is 4.55. The van der Waals surface area contributed by atoms with Crippen molar-refractivity contribution in [2.45, 2.75) is 38.4 Å². The van der Waals surface area contributed by atoms with Gasteiger partial charge in [-0.3, -0.25) is 9.59 Å². The van der Waals surface area contributed by atoms with Crippen LogP contribution in [0.25, 0.3) is 0 Å². The molecular weight excluding hydrogens is 354 g/mol. The molecule has 3 rings (SSSR count). The van der Waals surface area contributed by atoms with Crippen LogP contribution in [0.3, 0.4) is 0 Å². The molecule has 7 heteroatoms. The molecule has 144 valence electrons. The molecule has 6 nitrogen and oxygen atoms in total. The number of carbonyl (C=O) groups excluding carboxylic acids is 2. The molecule has 0 aromatic heterocycles. The second-order valence-electron chi connectivity index (χ2n) is 6.73. The quantitative estimate of drug-likeness (QED) is 0.856. The summed E-state index contributed by atoms with van der Waals surface area (Å²) in [6.45, 7) is 4.80. The van der Waals surface area contributed by atoms with Crippen molar-refractivity contribution in [3.63, 3.8) is 0 Å². The smallest absolute Gasteiger partial charge is 0.253 e. The van der Waals surface area contributed by atoms with Gasteiger partial charge < -0.3 is 20.3 Å². The van der Waals surface area contributed by atoms with Crippen molar-refractivity contribution in [2.75, 3.05) is 32.7 Å². The van der Waals surface area contributed by atoms with Gasteiger partial charge in [0.05, 0.1) is 6.10 Å². The Balaban J connectivity index is 0.00000243. The highest BCUT2D eigenvalue weighted by molar-refractivity contribution is 5.94. The molecule has 26 heavy (non-hydrogen) atoms. The fourth-order valence-electron chi connectivity index (χ4n) is 3.46. The van der Waals surface area contributed by atoms with E-state index >= 15 is 0 Å². The number of hydrogen-bond acceptors (Lipinski definition) is 4. The summed E-state index contributed by atoms with van der Waals surface area (Å²) in [7, 11) is 0. The minimum Gasteiger partial charge on any atom is -0.364 e. The minimum absolute atomic E-state index is 0. The van der Waals surface area contributed by atoms with Gasteiger partial charge in [0, 0.05) is 38.3 Å². The molecule has 2 fully saturated rings. The largest absolute Gasteiger partial charge is 0.364 e. The van der Waals surface area contributed by atoms with Crippen LogP contribution in [-0.2, 0) is 16.0 Å². The minimum atomic E-state index is -0.364. The molecular formula is C19H28ClN3O3. The molecule has 2 saturated heterocycles. The molecule has 0 unspecified atom stereocenters. The van der Waals surface area contributed by atoms with E-state index < -0.39 is 0 Å². The molecule has 2 N–H and O–H groups in total. The number of nitrogens with two attached hydrogens (primary N) is 1. The number of piperazine rings is 1. The number of amides is 2. The van der Waals surface area contributed by atoms with E-state index in [4.69, 9.17) is 10.5 Å². The first-order chi connectivity index (χ1) is 12.1. The van der Waals surface area contributed by atoms with Crippen LogP contribution in [0.2, 0.25) is 0 Å². The zero-order valence-corrected chi connectivity index (χ0v) is 16.0. The van der Waals surface area contributed by atoms with Crippen LogP contribution in [0, 0.1) is 0 Å². The predicted molar refractivity (Wildman–Crippen MR) is 103 cm³/mol. The van der Waals surface area contributed by atoms with E-state index in [1.807, 2.05) is 34.1 Å². The van der Waals surface area contributed by atoms with Gasteiger partial charge in [0.1, 0.15) is 6.10 Å². The Morgan fingerprint density at radius 1 is 1.08 bits per heavy atom. The summed E-state index contributed by atoms with van der Waals surface area (Å²) < 4.78 is 5.69. The van der Waals surface area contributed by atoms with Crippen LogP contribution in [0.4, 0.5) is 0 Å². The molecule has 2 atom stereocenters. The van der Waals surface area contributed by atoms with Crippen LogP contribution in [0.1, 0.15) is 35.7 Å². The van der Waals surface area contributed by atoms with Crippen LogP contribution in [0.15, 0.2) is 24.3 Å². The van der Waals surface area contributed by atoms with Crippen LogP contribution in [0.5, 0.6) is 0 Å². The molecule has 0 saturated carbocycles. The first-order valence-corrected chi connectivity index (χ1v) is 9.15. The number of aryl methyl sites for hydroxylation is 1. The molecule has 2 aliphatic rings. The lowest BCUT2D eigenvalue weighted by molar-refractivity contribution is -0.144. The highest BCUT2D eigenvalue weighted by Crippen LogP contribution is 2.21. The van der Waals surface area contributed by atoms with Gasteiger partial charge in [-0.1, -0.05) is 19.1 Å². The van der Waals surface area contributed by atoms with Gasteiger partial charge in [0.15, 0.2) is 0 Å². The summed E-state index contributed by atoms with van der Waals surface area (Å²) in [5.41, 5.74) is 7.54. The Hall–Kier alpha value is -1.63. The fraction of sp³-hybridized carbons (Fsp3) is 0.579. The van der Waals surface area contributed by atoms with Gasteiger partial charge in [-0.25, -0.2) is 0 Å². The molecule has 0 aliphatic carbocycles. The third-order valence-electron chi connectivity index (χ3n) is 5.13. The summed E-state index contributed by atoms with van der Waals surface area (Å²) in [6.07, 6.45) is 2.19. The molecule has 1 aromatic rings. The molecule has 1 aromatic carbocycles. The Morgan fingerprint density at radius 3 is 2.23 bits per heavy atom. The highest BCUT2D eigenvalue weighted by atomic mass is 35.5. The molecule has 0 bridgehead atoms. The molecule has 0 spiro atoms. The number of benzene rings is 1. The third-order valence-corrected chi connectivity index (χ3v) is 5.13. The second kappa shape index (κ2) is 9.35. The second-order valence-corrected chi connectivity index (χ2v) is 6.73. The van der Waals surface area contributed by atoms with Crippen molar-refractivity contribution in [3.05, 3.63) is 35.4 Å². The van der Waals surface area contributed by atoms with E-state index in [1.54, 1.807) is 0 Å². The lowest BCUT2D eigenvalue weighted by Gasteiger charge is -2.36. The van der Waals surface area contributed by atoms with E-state index in [0.717, 1.165) is 19.3 Å². The summed E-state index contributed by atoms with van der Waals surface area (Å²) in [5.74, 6) is 0.0745. The van der Waals surface area contributed by atoms with E-state index in [1.165, 1.54) is 5.56 Å². The van der Waals surface area contributed by atoms with Gasteiger partial charge in [-0.2, -0.15) is 0 Å². The first kappa shape index (κ1) is 20.7. The number of carbonyl (C=O) groups is 2. The van der Waals surface area contributed by atoms with Crippen molar-refractivity contribution >= 4 is 24.2 Å². The van der Waals surface area contributed by atoms with Gasteiger partial charge in [0.25, 0.3) is 11.8 Å². The standard InChI is InChI=1S/C19H27N3O3.ClH/c1-2-14-3-5-15(6-4-14)18(23)21-9-11-22(12-10-21)19(24)17-8-7-16(13-20)25-17;/h3-6,16-17H,2,7-13,20H2,1H3;1H/t16-,17+;/m1./s1. The summed E-state index contributed by atoms with van der Waals surface area (Å²) in [5, 5.41) is 0. The predicted octanol–water partition coefficient (Wildman–Crippen LogP) is 1.46. The lowest BCUT2D eigenvalue weighted by Crippen LogP contribution is -2.53. The SMILES string of the molecule is CCc1ccc(C(=O)N2CCN(C(=O)[C@@H]3CC[C@H](CN)O3)CC2)cc1.Cl. The van der Waals surface area contributed by atoms with Gasteiger partial charge >= 0.3 is 0 Å². The Kier molecular flexibility index (Phi) is 7.43. The van der Waals surface area contributed by atoms with Gasteiger partial charge in [0.2, 0.25) is 0 Å². The Bertz CT molecular complexity index is 615. The van der Waals surface area contributed by atoms with E-state index in [2.05, 4.69) is 6.92 Å². The zero-order chi connectivity index (χ0) is 17.8. The maximum absolute atomic E-state index is 12.6. The molecule has 0 radical (unpaired) electrons. The Labute approximate surface area is 161 Å². The van der Waals surface area contributed by atoms with E-state index in [0.29, 0.717) is 38.3 Å². The topological polar surface area (TPSA) is 75.9 Å². The maximum atomic E-state index is 12.6. The maximum Gasteiger partial charge on any atom is 0.253 e. The average Bonchev–Trinajstić information content (AvgIpc) is 3.16.